The van der Waals surface area contributed by atoms with Gasteiger partial charge in [0.2, 0.25) is 0 Å². The van der Waals surface area contributed by atoms with Gasteiger partial charge in [0.1, 0.15) is 11.2 Å². The number of carboxylic acid groups (broad SMARTS) is 1. The Kier molecular flexibility index (Phi) is 4.04. The van der Waals surface area contributed by atoms with Crippen molar-refractivity contribution in [2.24, 2.45) is 0 Å². The number of hydrogen-bond donors (Lipinski definition) is 2. The number of rotatable bonds is 5. The van der Waals surface area contributed by atoms with Crippen molar-refractivity contribution < 1.29 is 14.3 Å². The summed E-state index contributed by atoms with van der Waals surface area (Å²) in [4.78, 5) is 15.4. The highest BCUT2D eigenvalue weighted by Gasteiger charge is 2.32. The van der Waals surface area contributed by atoms with Crippen LogP contribution in [0.5, 0.6) is 0 Å². The second-order valence-corrected chi connectivity index (χ2v) is 5.81. The quantitative estimate of drug-likeness (QED) is 0.888. The number of aliphatic carboxylic acids is 1. The third-order valence-electron chi connectivity index (χ3n) is 3.04. The van der Waals surface area contributed by atoms with Crippen molar-refractivity contribution in [1.82, 2.24) is 4.98 Å². The molecule has 106 valence electrons. The molecule has 2 aromatic rings. The van der Waals surface area contributed by atoms with Gasteiger partial charge in [-0.1, -0.05) is 12.1 Å². The molecule has 1 aromatic carbocycles. The van der Waals surface area contributed by atoms with Gasteiger partial charge in [0.15, 0.2) is 5.13 Å². The molecule has 0 atom stereocenters. The van der Waals surface area contributed by atoms with Gasteiger partial charge in [-0.05, 0) is 31.5 Å². The van der Waals surface area contributed by atoms with E-state index in [4.69, 9.17) is 5.11 Å². The molecular formula is C14H15FN2O2S. The van der Waals surface area contributed by atoms with Gasteiger partial charge in [-0.3, -0.25) is 4.79 Å². The summed E-state index contributed by atoms with van der Waals surface area (Å²) in [6.45, 7) is 3.75. The molecule has 0 spiro atoms. The second-order valence-electron chi connectivity index (χ2n) is 4.95. The van der Waals surface area contributed by atoms with Gasteiger partial charge in [0.05, 0.1) is 5.69 Å². The molecule has 0 saturated heterocycles. The van der Waals surface area contributed by atoms with Crippen molar-refractivity contribution in [2.45, 2.75) is 25.8 Å². The van der Waals surface area contributed by atoms with Crippen LogP contribution in [0, 0.1) is 5.82 Å². The lowest BCUT2D eigenvalue weighted by molar-refractivity contribution is -0.142. The van der Waals surface area contributed by atoms with Crippen LogP contribution in [-0.4, -0.2) is 16.1 Å². The Labute approximate surface area is 120 Å². The van der Waals surface area contributed by atoms with Gasteiger partial charge in [-0.2, -0.15) is 0 Å². The van der Waals surface area contributed by atoms with Crippen molar-refractivity contribution in [3.05, 3.63) is 46.7 Å². The van der Waals surface area contributed by atoms with E-state index >= 15 is 0 Å². The zero-order valence-corrected chi connectivity index (χ0v) is 12.0. The molecule has 6 heteroatoms. The summed E-state index contributed by atoms with van der Waals surface area (Å²) in [5.41, 5.74) is 0.448. The lowest BCUT2D eigenvalue weighted by Gasteiger charge is -2.15. The number of benzene rings is 1. The number of anilines is 1. The molecule has 4 nitrogen and oxygen atoms in total. The molecule has 2 rings (SSSR count). The Hall–Kier alpha value is -1.95. The Morgan fingerprint density at radius 1 is 1.40 bits per heavy atom. The summed E-state index contributed by atoms with van der Waals surface area (Å²) in [6, 6.07) is 6.19. The van der Waals surface area contributed by atoms with E-state index in [1.54, 1.807) is 31.4 Å². The Morgan fingerprint density at radius 3 is 2.65 bits per heavy atom. The zero-order chi connectivity index (χ0) is 14.8. The molecule has 20 heavy (non-hydrogen) atoms. The monoisotopic (exact) mass is 294 g/mol. The van der Waals surface area contributed by atoms with Crippen LogP contribution < -0.4 is 5.32 Å². The molecule has 0 fully saturated rings. The van der Waals surface area contributed by atoms with E-state index in [0.717, 1.165) is 5.56 Å². The number of aromatic nitrogens is 1. The standard InChI is InChI=1S/C14H15FN2O2S/c1-14(2,12(18)19)11-8-20-13(17-11)16-7-9-3-5-10(15)6-4-9/h3-6,8H,7H2,1-2H3,(H,16,17)(H,18,19). The number of hydrogen-bond acceptors (Lipinski definition) is 4. The lowest BCUT2D eigenvalue weighted by atomic mass is 9.90. The lowest BCUT2D eigenvalue weighted by Crippen LogP contribution is -2.28. The minimum absolute atomic E-state index is 0.270. The minimum Gasteiger partial charge on any atom is -0.481 e. The first-order valence-corrected chi connectivity index (χ1v) is 6.95. The van der Waals surface area contributed by atoms with E-state index in [0.29, 0.717) is 17.4 Å². The molecule has 0 unspecified atom stereocenters. The van der Waals surface area contributed by atoms with Crippen LogP contribution in [0.1, 0.15) is 25.1 Å². The number of thiazole rings is 1. The summed E-state index contributed by atoms with van der Waals surface area (Å²) < 4.78 is 12.8. The Bertz CT molecular complexity index is 608. The van der Waals surface area contributed by atoms with Crippen LogP contribution in [0.15, 0.2) is 29.6 Å². The van der Waals surface area contributed by atoms with Gasteiger partial charge in [-0.15, -0.1) is 11.3 Å². The van der Waals surface area contributed by atoms with Crippen molar-refractivity contribution in [2.75, 3.05) is 5.32 Å². The fraction of sp³-hybridized carbons (Fsp3) is 0.286. The van der Waals surface area contributed by atoms with Gasteiger partial charge in [-0.25, -0.2) is 9.37 Å². The average Bonchev–Trinajstić information content (AvgIpc) is 2.87. The van der Waals surface area contributed by atoms with Crippen LogP contribution in [0.4, 0.5) is 9.52 Å². The van der Waals surface area contributed by atoms with Crippen LogP contribution in [0.3, 0.4) is 0 Å². The van der Waals surface area contributed by atoms with Gasteiger partial charge in [0.25, 0.3) is 0 Å². The third-order valence-corrected chi connectivity index (χ3v) is 3.84. The molecule has 1 aromatic heterocycles. The molecule has 0 radical (unpaired) electrons. The van der Waals surface area contributed by atoms with Crippen LogP contribution in [0.2, 0.25) is 0 Å². The normalized spacial score (nSPS) is 11.3. The van der Waals surface area contributed by atoms with Crippen molar-refractivity contribution in [3.8, 4) is 0 Å². The van der Waals surface area contributed by atoms with Gasteiger partial charge >= 0.3 is 5.97 Å². The highest BCUT2D eigenvalue weighted by Crippen LogP contribution is 2.27. The van der Waals surface area contributed by atoms with E-state index < -0.39 is 11.4 Å². The van der Waals surface area contributed by atoms with Gasteiger partial charge < -0.3 is 10.4 Å². The molecule has 2 N–H and O–H groups in total. The highest BCUT2D eigenvalue weighted by molar-refractivity contribution is 7.13. The Balaban J connectivity index is 2.03. The second kappa shape index (κ2) is 5.58. The number of carbonyl (C=O) groups is 1. The predicted octanol–water partition coefficient (Wildman–Crippen LogP) is 3.26. The number of carboxylic acids is 1. The smallest absolute Gasteiger partial charge is 0.315 e. The first-order valence-electron chi connectivity index (χ1n) is 6.07. The molecule has 0 saturated carbocycles. The maximum atomic E-state index is 12.8. The van der Waals surface area contributed by atoms with Crippen LogP contribution >= 0.6 is 11.3 Å². The number of nitrogens with zero attached hydrogens (tertiary/aromatic N) is 1. The Morgan fingerprint density at radius 2 is 2.05 bits per heavy atom. The van der Waals surface area contributed by atoms with E-state index in [1.165, 1.54) is 23.5 Å². The van der Waals surface area contributed by atoms with E-state index in [1.807, 2.05) is 0 Å². The fourth-order valence-corrected chi connectivity index (χ4v) is 2.41. The topological polar surface area (TPSA) is 62.2 Å². The molecule has 1 heterocycles. The van der Waals surface area contributed by atoms with Crippen LogP contribution in [-0.2, 0) is 16.8 Å². The highest BCUT2D eigenvalue weighted by atomic mass is 32.1. The van der Waals surface area contributed by atoms with E-state index in [-0.39, 0.29) is 5.82 Å². The van der Waals surface area contributed by atoms with E-state index in [9.17, 15) is 9.18 Å². The van der Waals surface area contributed by atoms with Crippen molar-refractivity contribution >= 4 is 22.4 Å². The van der Waals surface area contributed by atoms with Gasteiger partial charge in [0, 0.05) is 11.9 Å². The van der Waals surface area contributed by atoms with E-state index in [2.05, 4.69) is 10.3 Å². The maximum absolute atomic E-state index is 12.8. The fourth-order valence-electron chi connectivity index (χ4n) is 1.53. The summed E-state index contributed by atoms with van der Waals surface area (Å²) in [7, 11) is 0. The maximum Gasteiger partial charge on any atom is 0.315 e. The molecule has 0 aliphatic carbocycles. The minimum atomic E-state index is -1.01. The van der Waals surface area contributed by atoms with Crippen molar-refractivity contribution in [1.29, 1.82) is 0 Å². The SMILES string of the molecule is CC(C)(C(=O)O)c1csc(NCc2ccc(F)cc2)n1. The molecular weight excluding hydrogens is 279 g/mol. The number of halogens is 1. The molecule has 0 aliphatic heterocycles. The zero-order valence-electron chi connectivity index (χ0n) is 11.2. The summed E-state index contributed by atoms with van der Waals surface area (Å²) >= 11 is 1.36. The average molecular weight is 294 g/mol. The summed E-state index contributed by atoms with van der Waals surface area (Å²) in [5.74, 6) is -1.18. The molecule has 0 amide bonds. The van der Waals surface area contributed by atoms with Crippen molar-refractivity contribution in [3.63, 3.8) is 0 Å². The summed E-state index contributed by atoms with van der Waals surface area (Å²) in [6.07, 6.45) is 0. The number of nitrogens with one attached hydrogen (secondary N) is 1. The first kappa shape index (κ1) is 14.5. The largest absolute Gasteiger partial charge is 0.481 e. The first-order chi connectivity index (χ1) is 9.39. The summed E-state index contributed by atoms with van der Waals surface area (Å²) in [5, 5.41) is 14.6. The molecule has 0 bridgehead atoms. The predicted molar refractivity (Wildman–Crippen MR) is 76.5 cm³/mol. The third kappa shape index (κ3) is 3.14. The molecule has 0 aliphatic rings. The van der Waals surface area contributed by atoms with Crippen LogP contribution in [0.25, 0.3) is 0 Å².